The summed E-state index contributed by atoms with van der Waals surface area (Å²) in [5.41, 5.74) is 14.2. The minimum atomic E-state index is -1.64. The van der Waals surface area contributed by atoms with Gasteiger partial charge >= 0.3 is 5.97 Å². The molecule has 18 heavy (non-hydrogen) atoms. The molecule has 0 aliphatic rings. The second kappa shape index (κ2) is 4.99. The number of guanidine groups is 2. The topological polar surface area (TPSA) is 160 Å². The average molecular weight is 255 g/mol. The number of aromatic carboxylic acids is 1. The van der Waals surface area contributed by atoms with Crippen LogP contribution in [-0.4, -0.2) is 28.1 Å². The van der Waals surface area contributed by atoms with Crippen molar-refractivity contribution in [1.29, 1.82) is 0 Å². The zero-order valence-electron chi connectivity index (χ0n) is 8.96. The maximum Gasteiger partial charge on any atom is 0.342 e. The molecule has 0 saturated heterocycles. The fourth-order valence-corrected chi connectivity index (χ4v) is 1.13. The largest absolute Gasteiger partial charge is 0.505 e. The normalized spacial score (nSPS) is 11.1. The van der Waals surface area contributed by atoms with Gasteiger partial charge in [-0.1, -0.05) is 0 Å². The van der Waals surface area contributed by atoms with Gasteiger partial charge in [0.15, 0.2) is 11.7 Å². The van der Waals surface area contributed by atoms with Gasteiger partial charge in [-0.3, -0.25) is 0 Å². The molecule has 0 aliphatic carbocycles. The van der Waals surface area contributed by atoms with Crippen LogP contribution in [0.25, 0.3) is 0 Å². The molecule has 8 nitrogen and oxygen atoms in total. The molecule has 0 aliphatic heterocycles. The highest BCUT2D eigenvalue weighted by atomic mass is 19.1. The van der Waals surface area contributed by atoms with Crippen LogP contribution in [0, 0.1) is 5.82 Å². The molecule has 0 atom stereocenters. The van der Waals surface area contributed by atoms with Gasteiger partial charge in [0.1, 0.15) is 17.1 Å². The van der Waals surface area contributed by atoms with E-state index in [2.05, 4.69) is 9.98 Å². The van der Waals surface area contributed by atoms with Gasteiger partial charge in [-0.2, -0.15) is 4.99 Å². The van der Waals surface area contributed by atoms with Crippen LogP contribution in [0.1, 0.15) is 10.4 Å². The van der Waals surface area contributed by atoms with E-state index in [9.17, 15) is 14.3 Å². The highest BCUT2D eigenvalue weighted by Crippen LogP contribution is 2.32. The number of carboxylic acid groups (broad SMARTS) is 1. The number of benzene rings is 1. The number of carbonyl (C=O) groups is 1. The van der Waals surface area contributed by atoms with Crippen LogP contribution in [0.4, 0.5) is 10.1 Å². The molecular formula is C9H10FN5O3. The molecule has 96 valence electrons. The first-order chi connectivity index (χ1) is 8.32. The van der Waals surface area contributed by atoms with Crippen LogP contribution >= 0.6 is 0 Å². The first kappa shape index (κ1) is 13.2. The monoisotopic (exact) mass is 255 g/mol. The number of hydrogen-bond donors (Lipinski definition) is 5. The molecule has 0 fully saturated rings. The first-order valence-corrected chi connectivity index (χ1v) is 4.51. The van der Waals surface area contributed by atoms with Gasteiger partial charge in [-0.05, 0) is 12.1 Å². The summed E-state index contributed by atoms with van der Waals surface area (Å²) in [6, 6.07) is 1.86. The van der Waals surface area contributed by atoms with Crippen LogP contribution in [-0.2, 0) is 0 Å². The molecule has 0 saturated carbocycles. The number of hydrogen-bond acceptors (Lipinski definition) is 3. The SMILES string of the molecule is NC(N)=NC(N)=Nc1ccc(F)c(C(=O)O)c1O. The van der Waals surface area contributed by atoms with Crippen LogP contribution < -0.4 is 17.2 Å². The molecule has 1 aromatic rings. The van der Waals surface area contributed by atoms with Crippen molar-refractivity contribution in [2.24, 2.45) is 27.2 Å². The molecule has 9 heteroatoms. The minimum Gasteiger partial charge on any atom is -0.505 e. The zero-order valence-corrected chi connectivity index (χ0v) is 8.96. The van der Waals surface area contributed by atoms with E-state index in [1.807, 2.05) is 0 Å². The molecule has 8 N–H and O–H groups in total. The molecule has 0 bridgehead atoms. The van der Waals surface area contributed by atoms with E-state index >= 15 is 0 Å². The van der Waals surface area contributed by atoms with Crippen molar-refractivity contribution >= 4 is 23.6 Å². The number of aromatic hydroxyl groups is 1. The summed E-state index contributed by atoms with van der Waals surface area (Å²) in [7, 11) is 0. The first-order valence-electron chi connectivity index (χ1n) is 4.51. The number of aliphatic imine (C=N–C) groups is 2. The van der Waals surface area contributed by atoms with E-state index in [1.54, 1.807) is 0 Å². The fourth-order valence-electron chi connectivity index (χ4n) is 1.13. The lowest BCUT2D eigenvalue weighted by Gasteiger charge is -2.04. The van der Waals surface area contributed by atoms with E-state index in [0.29, 0.717) is 0 Å². The molecule has 0 spiro atoms. The Morgan fingerprint density at radius 1 is 1.28 bits per heavy atom. The highest BCUT2D eigenvalue weighted by Gasteiger charge is 2.19. The third kappa shape index (κ3) is 2.84. The lowest BCUT2D eigenvalue weighted by molar-refractivity contribution is 0.0688. The molecular weight excluding hydrogens is 245 g/mol. The van der Waals surface area contributed by atoms with Crippen molar-refractivity contribution < 1.29 is 19.4 Å². The molecule has 0 radical (unpaired) electrons. The smallest absolute Gasteiger partial charge is 0.342 e. The number of nitrogens with zero attached hydrogens (tertiary/aromatic N) is 2. The third-order valence-corrected chi connectivity index (χ3v) is 1.80. The molecule has 0 heterocycles. The highest BCUT2D eigenvalue weighted by molar-refractivity contribution is 5.96. The summed E-state index contributed by atoms with van der Waals surface area (Å²) in [6.45, 7) is 0. The summed E-state index contributed by atoms with van der Waals surface area (Å²) in [4.78, 5) is 17.6. The van der Waals surface area contributed by atoms with Crippen molar-refractivity contribution in [1.82, 2.24) is 0 Å². The predicted molar refractivity (Wildman–Crippen MR) is 62.1 cm³/mol. The van der Waals surface area contributed by atoms with E-state index < -0.39 is 29.1 Å². The quantitative estimate of drug-likeness (QED) is 0.352. The van der Waals surface area contributed by atoms with Crippen molar-refractivity contribution in [2.45, 2.75) is 0 Å². The molecule has 0 amide bonds. The van der Waals surface area contributed by atoms with E-state index in [4.69, 9.17) is 22.3 Å². The van der Waals surface area contributed by atoms with E-state index in [-0.39, 0.29) is 11.6 Å². The van der Waals surface area contributed by atoms with E-state index in [1.165, 1.54) is 0 Å². The van der Waals surface area contributed by atoms with E-state index in [0.717, 1.165) is 12.1 Å². The maximum atomic E-state index is 13.1. The van der Waals surface area contributed by atoms with Crippen LogP contribution in [0.2, 0.25) is 0 Å². The summed E-state index contributed by atoms with van der Waals surface area (Å²) in [5.74, 6) is -4.37. The Bertz CT molecular complexity index is 551. The number of carboxylic acids is 1. The number of rotatable bonds is 2. The zero-order chi connectivity index (χ0) is 13.9. The van der Waals surface area contributed by atoms with Gasteiger partial charge in [-0.25, -0.2) is 14.2 Å². The van der Waals surface area contributed by atoms with Crippen LogP contribution in [0.5, 0.6) is 5.75 Å². The van der Waals surface area contributed by atoms with Gasteiger partial charge < -0.3 is 27.4 Å². The van der Waals surface area contributed by atoms with Crippen molar-refractivity contribution in [3.8, 4) is 5.75 Å². The standard InChI is InChI=1S/C9H10FN5O3/c10-3-1-2-4(6(16)5(3)7(17)18)14-9(13)15-8(11)12/h1-2,16H,(H,17,18)(H6,11,12,13,14,15). The summed E-state index contributed by atoms with van der Waals surface area (Å²) in [6.07, 6.45) is 0. The third-order valence-electron chi connectivity index (χ3n) is 1.80. The summed E-state index contributed by atoms with van der Waals surface area (Å²) in [5, 5.41) is 18.2. The van der Waals surface area contributed by atoms with Crippen molar-refractivity contribution in [3.05, 3.63) is 23.5 Å². The van der Waals surface area contributed by atoms with Crippen molar-refractivity contribution in [3.63, 3.8) is 0 Å². The molecule has 1 aromatic carbocycles. The number of halogens is 1. The van der Waals surface area contributed by atoms with Gasteiger partial charge in [0.25, 0.3) is 0 Å². The van der Waals surface area contributed by atoms with Gasteiger partial charge in [0.05, 0.1) is 0 Å². The predicted octanol–water partition coefficient (Wildman–Crippen LogP) is -0.551. The Morgan fingerprint density at radius 3 is 2.39 bits per heavy atom. The Balaban J connectivity index is 3.33. The van der Waals surface area contributed by atoms with Gasteiger partial charge in [0.2, 0.25) is 5.96 Å². The van der Waals surface area contributed by atoms with Gasteiger partial charge in [0, 0.05) is 0 Å². The molecule has 0 aromatic heterocycles. The Hall–Kier alpha value is -2.84. The van der Waals surface area contributed by atoms with Crippen LogP contribution in [0.3, 0.4) is 0 Å². The Labute approximate surface area is 100 Å². The molecule has 1 rings (SSSR count). The molecule has 0 unspecified atom stereocenters. The number of nitrogens with two attached hydrogens (primary N) is 3. The Morgan fingerprint density at radius 2 is 1.89 bits per heavy atom. The summed E-state index contributed by atoms with van der Waals surface area (Å²) >= 11 is 0. The lowest BCUT2D eigenvalue weighted by Crippen LogP contribution is -2.26. The lowest BCUT2D eigenvalue weighted by atomic mass is 10.1. The average Bonchev–Trinajstić information content (AvgIpc) is 2.20. The second-order valence-corrected chi connectivity index (χ2v) is 3.10. The Kier molecular flexibility index (Phi) is 3.67. The van der Waals surface area contributed by atoms with Gasteiger partial charge in [-0.15, -0.1) is 0 Å². The van der Waals surface area contributed by atoms with Crippen LogP contribution in [0.15, 0.2) is 22.1 Å². The fraction of sp³-hybridized carbons (Fsp3) is 0. The summed E-state index contributed by atoms with van der Waals surface area (Å²) < 4.78 is 13.1. The van der Waals surface area contributed by atoms with Crippen molar-refractivity contribution in [2.75, 3.05) is 0 Å². The second-order valence-electron chi connectivity index (χ2n) is 3.10. The minimum absolute atomic E-state index is 0.267. The number of phenols is 1. The maximum absolute atomic E-state index is 13.1.